The van der Waals surface area contributed by atoms with Crippen molar-refractivity contribution in [1.82, 2.24) is 25.8 Å². The summed E-state index contributed by atoms with van der Waals surface area (Å²) < 4.78 is 0. The summed E-state index contributed by atoms with van der Waals surface area (Å²) in [5, 5.41) is 39.5. The number of aliphatic hydroxyl groups is 2. The highest BCUT2D eigenvalue weighted by Crippen LogP contribution is 2.40. The molecule has 39 heavy (non-hydrogen) atoms. The molecule has 1 aromatic rings. The summed E-state index contributed by atoms with van der Waals surface area (Å²) in [5.41, 5.74) is 10.2. The summed E-state index contributed by atoms with van der Waals surface area (Å²) >= 11 is 0. The van der Waals surface area contributed by atoms with Crippen molar-refractivity contribution in [2.24, 2.45) is 17.6 Å². The molecule has 3 aliphatic heterocycles. The second-order valence-electron chi connectivity index (χ2n) is 13.9. The molecule has 5 aliphatic rings. The molecule has 0 aromatic heterocycles. The van der Waals surface area contributed by atoms with E-state index in [2.05, 4.69) is 82.4 Å². The topological polar surface area (TPSA) is 133 Å². The molecular weight excluding hydrogens is 492 g/mol. The van der Waals surface area contributed by atoms with Crippen LogP contribution in [0.3, 0.4) is 0 Å². The fraction of sp³-hybridized carbons (Fsp3) is 0.793. The predicted molar refractivity (Wildman–Crippen MR) is 155 cm³/mol. The van der Waals surface area contributed by atoms with Gasteiger partial charge in [-0.3, -0.25) is 20.9 Å². The summed E-state index contributed by atoms with van der Waals surface area (Å²) in [4.78, 5) is 4.70. The van der Waals surface area contributed by atoms with Crippen LogP contribution < -0.4 is 32.3 Å². The minimum absolute atomic E-state index is 0.0668. The van der Waals surface area contributed by atoms with E-state index in [1.807, 2.05) is 0 Å². The molecule has 2 saturated carbocycles. The predicted octanol–water partition coefficient (Wildman–Crippen LogP) is 0.741. The van der Waals surface area contributed by atoms with Crippen molar-refractivity contribution in [3.63, 3.8) is 0 Å². The fourth-order valence-corrected chi connectivity index (χ4v) is 7.57. The molecule has 2 aliphatic carbocycles. The second-order valence-corrected chi connectivity index (χ2v) is 13.9. The van der Waals surface area contributed by atoms with Crippen molar-refractivity contribution >= 4 is 11.4 Å². The van der Waals surface area contributed by atoms with Crippen LogP contribution in [-0.2, 0) is 5.41 Å². The van der Waals surface area contributed by atoms with Gasteiger partial charge in [-0.05, 0) is 68.2 Å². The van der Waals surface area contributed by atoms with Crippen molar-refractivity contribution in [2.45, 2.75) is 107 Å². The Morgan fingerprint density at radius 3 is 2.54 bits per heavy atom. The van der Waals surface area contributed by atoms with E-state index in [-0.39, 0.29) is 35.7 Å². The summed E-state index contributed by atoms with van der Waals surface area (Å²) in [5.74, 6) is 0.830. The Bertz CT molecular complexity index is 1010. The molecule has 4 unspecified atom stereocenters. The number of nitrogens with one attached hydrogen (secondary N) is 5. The summed E-state index contributed by atoms with van der Waals surface area (Å²) in [6, 6.07) is 7.35. The van der Waals surface area contributed by atoms with Gasteiger partial charge in [0.05, 0.1) is 54.8 Å². The third kappa shape index (κ3) is 5.42. The number of hydrogen-bond acceptors (Lipinski definition) is 10. The van der Waals surface area contributed by atoms with Gasteiger partial charge in [0.1, 0.15) is 0 Å². The largest absolute Gasteiger partial charge is 0.390 e. The van der Waals surface area contributed by atoms with E-state index in [1.165, 1.54) is 36.2 Å². The Morgan fingerprint density at radius 2 is 1.77 bits per heavy atom. The lowest BCUT2D eigenvalue weighted by molar-refractivity contribution is -0.0257. The average Bonchev–Trinajstić information content (AvgIpc) is 3.54. The molecule has 3 heterocycles. The molecule has 2 saturated heterocycles. The van der Waals surface area contributed by atoms with E-state index < -0.39 is 12.2 Å². The number of anilines is 2. The Labute approximate surface area is 233 Å². The van der Waals surface area contributed by atoms with Crippen LogP contribution in [0.4, 0.5) is 11.4 Å². The molecule has 0 bridgehead atoms. The van der Waals surface area contributed by atoms with Gasteiger partial charge in [-0.2, -0.15) is 0 Å². The van der Waals surface area contributed by atoms with Gasteiger partial charge in [0.2, 0.25) is 0 Å². The van der Waals surface area contributed by atoms with Crippen molar-refractivity contribution in [1.29, 1.82) is 0 Å². The molecule has 8 atom stereocenters. The highest BCUT2D eigenvalue weighted by molar-refractivity contribution is 5.75. The second kappa shape index (κ2) is 10.7. The summed E-state index contributed by atoms with van der Waals surface area (Å²) in [6.07, 6.45) is 4.41. The number of benzene rings is 1. The fourth-order valence-electron chi connectivity index (χ4n) is 7.57. The van der Waals surface area contributed by atoms with Crippen molar-refractivity contribution in [3.05, 3.63) is 23.8 Å². The number of nitrogens with two attached hydrogens (primary N) is 1. The van der Waals surface area contributed by atoms with E-state index >= 15 is 0 Å². The number of nitrogens with zero attached hydrogens (tertiary/aromatic N) is 2. The molecule has 10 heteroatoms. The molecule has 4 fully saturated rings. The van der Waals surface area contributed by atoms with Crippen molar-refractivity contribution in [3.8, 4) is 0 Å². The Hall–Kier alpha value is -1.50. The first-order chi connectivity index (χ1) is 18.6. The Kier molecular flexibility index (Phi) is 7.60. The lowest BCUT2D eigenvalue weighted by Gasteiger charge is -2.43. The maximum atomic E-state index is 11.0. The quantitative estimate of drug-likeness (QED) is 0.250. The van der Waals surface area contributed by atoms with E-state index in [4.69, 9.17) is 5.73 Å². The SMILES string of the molecule is CN(C[C@H]1C[C@@H](N2CNC3C(N)NCNC32)[C@H](O)[C@@H]1O)[C@H]1C[C@H](CCC2Nc3ccc(C(C)(C)C)cc3N2)C1. The first-order valence-electron chi connectivity index (χ1n) is 15.0. The first-order valence-corrected chi connectivity index (χ1v) is 15.0. The zero-order chi connectivity index (χ0) is 27.5. The van der Waals surface area contributed by atoms with Crippen LogP contribution in [0.5, 0.6) is 0 Å². The maximum Gasteiger partial charge on any atom is 0.0964 e. The normalized spacial score (nSPS) is 40.2. The molecule has 0 amide bonds. The van der Waals surface area contributed by atoms with Gasteiger partial charge in [0.25, 0.3) is 0 Å². The third-order valence-electron chi connectivity index (χ3n) is 10.2. The van der Waals surface area contributed by atoms with Gasteiger partial charge < -0.3 is 31.5 Å². The first kappa shape index (κ1) is 27.7. The van der Waals surface area contributed by atoms with E-state index in [1.54, 1.807) is 0 Å². The third-order valence-corrected chi connectivity index (χ3v) is 10.2. The smallest absolute Gasteiger partial charge is 0.0964 e. The van der Waals surface area contributed by atoms with Crippen molar-refractivity contribution < 1.29 is 10.2 Å². The molecule has 6 rings (SSSR count). The minimum atomic E-state index is -0.735. The lowest BCUT2D eigenvalue weighted by atomic mass is 9.76. The van der Waals surface area contributed by atoms with Crippen LogP contribution in [0.15, 0.2) is 18.2 Å². The number of fused-ring (bicyclic) bond motifs is 2. The zero-order valence-corrected chi connectivity index (χ0v) is 24.0. The maximum absolute atomic E-state index is 11.0. The monoisotopic (exact) mass is 542 g/mol. The summed E-state index contributed by atoms with van der Waals surface area (Å²) in [6.45, 7) is 8.93. The molecular formula is C29H50N8O2. The minimum Gasteiger partial charge on any atom is -0.390 e. The Morgan fingerprint density at radius 1 is 1.00 bits per heavy atom. The standard InChI is InChI=1S/C29H50N8O2/c1-29(2,3)18-6-7-20-21(12-18)35-23(34-20)8-5-16-9-19(10-16)36(4)13-17-11-22(26(39)25(17)38)37-15-33-24-27(30)31-14-32-28(24)37/h6-7,12,16-17,19,22-28,31-35,38-39H,5,8-11,13-15,30H2,1-4H3/t16-,17-,19-,22-,23?,24?,25-,26+,27?,28?/m1/s1. The highest BCUT2D eigenvalue weighted by atomic mass is 16.3. The molecule has 1 aromatic carbocycles. The van der Waals surface area contributed by atoms with Crippen molar-refractivity contribution in [2.75, 3.05) is 37.6 Å². The van der Waals surface area contributed by atoms with Crippen LogP contribution in [-0.4, -0.2) is 95.8 Å². The van der Waals surface area contributed by atoms with E-state index in [0.717, 1.165) is 25.3 Å². The Balaban J connectivity index is 0.941. The molecule has 0 spiro atoms. The van der Waals surface area contributed by atoms with Gasteiger partial charge >= 0.3 is 0 Å². The molecule has 0 radical (unpaired) electrons. The molecule has 9 N–H and O–H groups in total. The number of aliphatic hydroxyl groups excluding tert-OH is 2. The molecule has 10 nitrogen and oxygen atoms in total. The number of hydrogen-bond donors (Lipinski definition) is 8. The van der Waals surface area contributed by atoms with E-state index in [9.17, 15) is 10.2 Å². The summed E-state index contributed by atoms with van der Waals surface area (Å²) in [7, 11) is 2.19. The molecule has 218 valence electrons. The van der Waals surface area contributed by atoms with Crippen LogP contribution in [0.2, 0.25) is 0 Å². The van der Waals surface area contributed by atoms with Crippen LogP contribution >= 0.6 is 0 Å². The van der Waals surface area contributed by atoms with Crippen LogP contribution in [0.1, 0.15) is 58.4 Å². The van der Waals surface area contributed by atoms with Crippen LogP contribution in [0.25, 0.3) is 0 Å². The van der Waals surface area contributed by atoms with Gasteiger partial charge in [0.15, 0.2) is 0 Å². The lowest BCUT2D eigenvalue weighted by Crippen LogP contribution is -2.68. The van der Waals surface area contributed by atoms with Gasteiger partial charge in [-0.25, -0.2) is 0 Å². The average molecular weight is 543 g/mol. The van der Waals surface area contributed by atoms with Gasteiger partial charge in [-0.1, -0.05) is 26.8 Å². The highest BCUT2D eigenvalue weighted by Gasteiger charge is 2.51. The van der Waals surface area contributed by atoms with E-state index in [0.29, 0.717) is 25.5 Å². The van der Waals surface area contributed by atoms with Gasteiger partial charge in [0, 0.05) is 31.2 Å². The van der Waals surface area contributed by atoms with Crippen LogP contribution in [0, 0.1) is 11.8 Å². The zero-order valence-electron chi connectivity index (χ0n) is 24.0. The van der Waals surface area contributed by atoms with Gasteiger partial charge in [-0.15, -0.1) is 0 Å². The number of rotatable bonds is 7.